The molecule has 0 bridgehead atoms. The average molecular weight is 377 g/mol. The Morgan fingerprint density at radius 2 is 2.00 bits per heavy atom. The maximum atomic E-state index is 13.4. The molecule has 1 saturated carbocycles. The highest BCUT2D eigenvalue weighted by Gasteiger charge is 2.75. The molecule has 0 radical (unpaired) electrons. The van der Waals surface area contributed by atoms with E-state index in [1.807, 2.05) is 0 Å². The zero-order valence-corrected chi connectivity index (χ0v) is 15.0. The highest BCUT2D eigenvalue weighted by molar-refractivity contribution is 6.31. The second-order valence-electron chi connectivity index (χ2n) is 8.18. The zero-order valence-electron chi connectivity index (χ0n) is 14.2. The summed E-state index contributed by atoms with van der Waals surface area (Å²) >= 11 is 6.30. The molecule has 1 N–H and O–H groups in total. The lowest BCUT2D eigenvalue weighted by Crippen LogP contribution is -2.48. The second kappa shape index (κ2) is 5.53. The molecule has 0 spiro atoms. The molecule has 2 unspecified atom stereocenters. The van der Waals surface area contributed by atoms with Gasteiger partial charge in [-0.2, -0.15) is 13.2 Å². The van der Waals surface area contributed by atoms with Crippen molar-refractivity contribution < 1.29 is 27.8 Å². The van der Waals surface area contributed by atoms with Gasteiger partial charge < -0.3 is 9.84 Å². The molecule has 2 aliphatic rings. The number of carbonyl (C=O) groups is 1. The molecule has 1 fully saturated rings. The van der Waals surface area contributed by atoms with Crippen LogP contribution in [0.4, 0.5) is 13.2 Å². The van der Waals surface area contributed by atoms with E-state index in [0.717, 1.165) is 12.0 Å². The predicted molar refractivity (Wildman–Crippen MR) is 87.1 cm³/mol. The summed E-state index contributed by atoms with van der Waals surface area (Å²) < 4.78 is 45.3. The number of aliphatic carboxylic acids is 1. The van der Waals surface area contributed by atoms with Crippen molar-refractivity contribution in [2.75, 3.05) is 0 Å². The molecule has 3 nitrogen and oxygen atoms in total. The molecule has 1 aliphatic carbocycles. The minimum Gasteiger partial charge on any atom is -0.481 e. The van der Waals surface area contributed by atoms with Crippen LogP contribution >= 0.6 is 11.6 Å². The number of carboxylic acid groups (broad SMARTS) is 1. The predicted octanol–water partition coefficient (Wildman–Crippen LogP) is 5.20. The van der Waals surface area contributed by atoms with E-state index in [1.165, 1.54) is 0 Å². The van der Waals surface area contributed by atoms with E-state index in [0.29, 0.717) is 17.0 Å². The average Bonchev–Trinajstić information content (AvgIpc) is 3.19. The van der Waals surface area contributed by atoms with Gasteiger partial charge in [-0.15, -0.1) is 0 Å². The van der Waals surface area contributed by atoms with Crippen LogP contribution in [0.15, 0.2) is 12.1 Å². The summed E-state index contributed by atoms with van der Waals surface area (Å²) in [6.45, 7) is 6.21. The number of hydrogen-bond acceptors (Lipinski definition) is 2. The number of aryl methyl sites for hydroxylation is 1. The van der Waals surface area contributed by atoms with E-state index in [-0.39, 0.29) is 17.6 Å². The Balaban J connectivity index is 1.98. The number of halogens is 4. The molecular weight excluding hydrogens is 357 g/mol. The van der Waals surface area contributed by atoms with E-state index >= 15 is 0 Å². The molecule has 1 heterocycles. The van der Waals surface area contributed by atoms with Crippen molar-refractivity contribution in [1.82, 2.24) is 0 Å². The number of benzene rings is 1. The third kappa shape index (κ3) is 3.09. The summed E-state index contributed by atoms with van der Waals surface area (Å²) in [6, 6.07) is 3.13. The Hall–Kier alpha value is -1.43. The molecule has 25 heavy (non-hydrogen) atoms. The van der Waals surface area contributed by atoms with Gasteiger partial charge in [-0.25, -0.2) is 0 Å². The highest BCUT2D eigenvalue weighted by Crippen LogP contribution is 2.69. The van der Waals surface area contributed by atoms with E-state index in [4.69, 9.17) is 16.3 Å². The largest absolute Gasteiger partial charge is 0.481 e. The lowest BCUT2D eigenvalue weighted by Gasteiger charge is -2.33. The Labute approximate surface area is 149 Å². The van der Waals surface area contributed by atoms with Crippen LogP contribution in [-0.4, -0.2) is 23.4 Å². The first-order valence-corrected chi connectivity index (χ1v) is 8.53. The monoisotopic (exact) mass is 376 g/mol. The SMILES string of the molecule is CC(C)(C)CCc1cc2c(cc1Cl)C1CC1(C(=O)O)[C@H](C(F)(F)F)O2. The maximum Gasteiger partial charge on any atom is 0.426 e. The fourth-order valence-corrected chi connectivity index (χ4v) is 3.85. The third-order valence-corrected chi connectivity index (χ3v) is 5.46. The van der Waals surface area contributed by atoms with Gasteiger partial charge in [-0.1, -0.05) is 32.4 Å². The summed E-state index contributed by atoms with van der Waals surface area (Å²) in [5, 5.41) is 9.83. The van der Waals surface area contributed by atoms with Gasteiger partial charge in [0.15, 0.2) is 0 Å². The topological polar surface area (TPSA) is 46.5 Å². The van der Waals surface area contributed by atoms with Crippen LogP contribution in [0.3, 0.4) is 0 Å². The number of ether oxygens (including phenoxy) is 1. The first kappa shape index (κ1) is 18.4. The summed E-state index contributed by atoms with van der Waals surface area (Å²) in [5.74, 6) is -2.08. The van der Waals surface area contributed by atoms with Crippen molar-refractivity contribution in [2.24, 2.45) is 10.8 Å². The van der Waals surface area contributed by atoms with Gasteiger partial charge in [0.25, 0.3) is 0 Å². The number of rotatable bonds is 3. The normalized spacial score (nSPS) is 28.0. The van der Waals surface area contributed by atoms with Crippen molar-refractivity contribution in [2.45, 2.75) is 58.2 Å². The number of carboxylic acids is 1. The molecule has 7 heteroatoms. The molecule has 3 atom stereocenters. The van der Waals surface area contributed by atoms with Gasteiger partial charge in [0.2, 0.25) is 6.10 Å². The minimum atomic E-state index is -4.74. The first-order valence-electron chi connectivity index (χ1n) is 8.15. The fourth-order valence-electron chi connectivity index (χ4n) is 3.58. The molecule has 1 aromatic rings. The maximum absolute atomic E-state index is 13.4. The van der Waals surface area contributed by atoms with E-state index < -0.39 is 29.6 Å². The van der Waals surface area contributed by atoms with Gasteiger partial charge >= 0.3 is 12.1 Å². The van der Waals surface area contributed by atoms with Crippen LogP contribution < -0.4 is 4.74 Å². The lowest BCUT2D eigenvalue weighted by molar-refractivity contribution is -0.222. The Morgan fingerprint density at radius 3 is 2.52 bits per heavy atom. The molecule has 3 rings (SSSR count). The van der Waals surface area contributed by atoms with Crippen molar-refractivity contribution in [3.8, 4) is 5.75 Å². The molecule has 138 valence electrons. The quantitative estimate of drug-likeness (QED) is 0.788. The van der Waals surface area contributed by atoms with Gasteiger partial charge in [-0.3, -0.25) is 4.79 Å². The molecule has 1 aliphatic heterocycles. The standard InChI is InChI=1S/C18H20ClF3O3/c1-16(2,3)5-4-9-6-13-10(7-12(9)19)11-8-17(11,15(23)24)14(25-13)18(20,21)22/h6-7,11,14H,4-5,8H2,1-3H3,(H,23,24)/t11?,14-,17?/m1/s1. The van der Waals surface area contributed by atoms with Crippen molar-refractivity contribution in [3.05, 3.63) is 28.3 Å². The zero-order chi connectivity index (χ0) is 18.8. The Morgan fingerprint density at radius 1 is 1.36 bits per heavy atom. The number of hydrogen-bond donors (Lipinski definition) is 1. The summed E-state index contributed by atoms with van der Waals surface area (Å²) in [5.41, 5.74) is -0.683. The van der Waals surface area contributed by atoms with E-state index in [1.54, 1.807) is 12.1 Å². The second-order valence-corrected chi connectivity index (χ2v) is 8.59. The molecule has 1 aromatic carbocycles. The highest BCUT2D eigenvalue weighted by atomic mass is 35.5. The van der Waals surface area contributed by atoms with Crippen molar-refractivity contribution in [1.29, 1.82) is 0 Å². The summed E-state index contributed by atoms with van der Waals surface area (Å²) in [4.78, 5) is 11.5. The molecule has 0 amide bonds. The summed E-state index contributed by atoms with van der Waals surface area (Å²) in [7, 11) is 0. The van der Waals surface area contributed by atoms with Crippen LogP contribution in [-0.2, 0) is 11.2 Å². The lowest BCUT2D eigenvalue weighted by atomic mass is 9.86. The smallest absolute Gasteiger partial charge is 0.426 e. The molecular formula is C18H20ClF3O3. The molecule has 0 saturated heterocycles. The van der Waals surface area contributed by atoms with Crippen LogP contribution in [0.5, 0.6) is 5.75 Å². The minimum absolute atomic E-state index is 0.0591. The fraction of sp³-hybridized carbons (Fsp3) is 0.611. The molecule has 0 aromatic heterocycles. The van der Waals surface area contributed by atoms with Gasteiger partial charge in [-0.05, 0) is 42.4 Å². The Bertz CT molecular complexity index is 724. The van der Waals surface area contributed by atoms with E-state index in [9.17, 15) is 23.1 Å². The van der Waals surface area contributed by atoms with Gasteiger partial charge in [0.05, 0.1) is 0 Å². The van der Waals surface area contributed by atoms with Crippen LogP contribution in [0, 0.1) is 10.8 Å². The number of fused-ring (bicyclic) bond motifs is 3. The van der Waals surface area contributed by atoms with Gasteiger partial charge in [0.1, 0.15) is 11.2 Å². The first-order chi connectivity index (χ1) is 11.4. The third-order valence-electron chi connectivity index (χ3n) is 5.11. The van der Waals surface area contributed by atoms with Crippen molar-refractivity contribution in [3.63, 3.8) is 0 Å². The summed E-state index contributed by atoms with van der Waals surface area (Å²) in [6.07, 6.45) is -5.72. The van der Waals surface area contributed by atoms with Crippen LogP contribution in [0.1, 0.15) is 50.7 Å². The van der Waals surface area contributed by atoms with Gasteiger partial charge in [0, 0.05) is 16.5 Å². The van der Waals surface area contributed by atoms with Crippen molar-refractivity contribution >= 4 is 17.6 Å². The van der Waals surface area contributed by atoms with Crippen LogP contribution in [0.25, 0.3) is 0 Å². The number of alkyl halides is 3. The Kier molecular flexibility index (Phi) is 4.06. The van der Waals surface area contributed by atoms with Crippen LogP contribution in [0.2, 0.25) is 5.02 Å². The van der Waals surface area contributed by atoms with E-state index in [2.05, 4.69) is 20.8 Å².